The molecular formula is C15H18O. The van der Waals surface area contributed by atoms with Crippen LogP contribution in [0.15, 0.2) is 24.3 Å². The quantitative estimate of drug-likeness (QED) is 0.543. The van der Waals surface area contributed by atoms with Gasteiger partial charge in [0.25, 0.3) is 0 Å². The Balaban J connectivity index is 3.12. The molecule has 1 nitrogen and oxygen atoms in total. The van der Waals surface area contributed by atoms with Gasteiger partial charge in [0, 0.05) is 5.56 Å². The minimum atomic E-state index is -0.00804. The summed E-state index contributed by atoms with van der Waals surface area (Å²) in [7, 11) is 0. The maximum absolute atomic E-state index is 12.0. The van der Waals surface area contributed by atoms with Crippen molar-refractivity contribution in [2.45, 2.75) is 39.5 Å². The minimum absolute atomic E-state index is 0.00804. The van der Waals surface area contributed by atoms with E-state index in [9.17, 15) is 4.79 Å². The largest absolute Gasteiger partial charge is 0.293 e. The van der Waals surface area contributed by atoms with Gasteiger partial charge in [-0.1, -0.05) is 51.0 Å². The van der Waals surface area contributed by atoms with Crippen LogP contribution in [0.3, 0.4) is 0 Å². The van der Waals surface area contributed by atoms with Crippen molar-refractivity contribution in [2.75, 3.05) is 0 Å². The molecule has 0 fully saturated rings. The van der Waals surface area contributed by atoms with Crippen LogP contribution < -0.4 is 0 Å². The summed E-state index contributed by atoms with van der Waals surface area (Å²) >= 11 is 0. The fraction of sp³-hybridized carbons (Fsp3) is 0.400. The Hall–Kier alpha value is -1.55. The molecule has 0 unspecified atom stereocenters. The average molecular weight is 214 g/mol. The van der Waals surface area contributed by atoms with E-state index in [-0.39, 0.29) is 11.2 Å². The maximum Gasteiger partial charge on any atom is 0.175 e. The Morgan fingerprint density at radius 1 is 1.25 bits per heavy atom. The van der Waals surface area contributed by atoms with Crippen molar-refractivity contribution < 1.29 is 4.79 Å². The lowest BCUT2D eigenvalue weighted by atomic mass is 9.82. The lowest BCUT2D eigenvalue weighted by Gasteiger charge is -2.21. The monoisotopic (exact) mass is 214 g/mol. The van der Waals surface area contributed by atoms with Gasteiger partial charge in [-0.25, -0.2) is 0 Å². The third-order valence-electron chi connectivity index (χ3n) is 2.46. The van der Waals surface area contributed by atoms with E-state index in [0.717, 1.165) is 11.1 Å². The van der Waals surface area contributed by atoms with E-state index in [2.05, 4.69) is 32.6 Å². The summed E-state index contributed by atoms with van der Waals surface area (Å²) in [5.41, 5.74) is 1.89. The standard InChI is InChI=1S/C15H18O/c1-5-6-11-14(16)12-9-7-8-10-13(12)15(2,3)4/h7-10H,11H2,1-4H3. The highest BCUT2D eigenvalue weighted by Crippen LogP contribution is 2.26. The Morgan fingerprint density at radius 3 is 2.44 bits per heavy atom. The molecule has 0 saturated carbocycles. The van der Waals surface area contributed by atoms with E-state index >= 15 is 0 Å². The van der Waals surface area contributed by atoms with Crippen LogP contribution in [-0.2, 0) is 5.41 Å². The Morgan fingerprint density at radius 2 is 1.88 bits per heavy atom. The smallest absolute Gasteiger partial charge is 0.175 e. The maximum atomic E-state index is 12.0. The average Bonchev–Trinajstić information content (AvgIpc) is 2.24. The van der Waals surface area contributed by atoms with Crippen molar-refractivity contribution in [2.24, 2.45) is 0 Å². The summed E-state index contributed by atoms with van der Waals surface area (Å²) in [6.45, 7) is 8.10. The van der Waals surface area contributed by atoms with E-state index in [1.165, 1.54) is 0 Å². The molecule has 1 heteroatoms. The highest BCUT2D eigenvalue weighted by atomic mass is 16.1. The molecule has 0 atom stereocenters. The van der Waals surface area contributed by atoms with Gasteiger partial charge in [0.2, 0.25) is 0 Å². The fourth-order valence-electron chi connectivity index (χ4n) is 1.64. The van der Waals surface area contributed by atoms with Gasteiger partial charge in [-0.15, -0.1) is 5.92 Å². The Labute approximate surface area is 97.9 Å². The molecule has 0 heterocycles. The van der Waals surface area contributed by atoms with Crippen LogP contribution in [0.4, 0.5) is 0 Å². The van der Waals surface area contributed by atoms with Gasteiger partial charge in [0.15, 0.2) is 5.78 Å². The third-order valence-corrected chi connectivity index (χ3v) is 2.46. The second kappa shape index (κ2) is 4.99. The zero-order chi connectivity index (χ0) is 12.2. The molecule has 1 aromatic carbocycles. The molecule has 0 radical (unpaired) electrons. The van der Waals surface area contributed by atoms with Crippen molar-refractivity contribution in [1.82, 2.24) is 0 Å². The van der Waals surface area contributed by atoms with Crippen molar-refractivity contribution in [3.63, 3.8) is 0 Å². The second-order valence-corrected chi connectivity index (χ2v) is 4.82. The summed E-state index contributed by atoms with van der Waals surface area (Å²) in [4.78, 5) is 12.0. The molecule has 0 amide bonds. The van der Waals surface area contributed by atoms with Gasteiger partial charge < -0.3 is 0 Å². The number of rotatable bonds is 2. The van der Waals surface area contributed by atoms with Gasteiger partial charge in [0.1, 0.15) is 0 Å². The molecule has 1 aromatic rings. The number of hydrogen-bond donors (Lipinski definition) is 0. The van der Waals surface area contributed by atoms with Crippen molar-refractivity contribution in [3.05, 3.63) is 35.4 Å². The van der Waals surface area contributed by atoms with E-state index in [1.807, 2.05) is 24.3 Å². The van der Waals surface area contributed by atoms with Crippen molar-refractivity contribution in [1.29, 1.82) is 0 Å². The summed E-state index contributed by atoms with van der Waals surface area (Å²) in [5.74, 6) is 5.69. The van der Waals surface area contributed by atoms with Gasteiger partial charge in [0.05, 0.1) is 6.42 Å². The Bertz CT molecular complexity index is 438. The number of carbonyl (C=O) groups excluding carboxylic acids is 1. The van der Waals surface area contributed by atoms with Crippen LogP contribution in [0.2, 0.25) is 0 Å². The first kappa shape index (κ1) is 12.5. The molecule has 0 saturated heterocycles. The first-order valence-electron chi connectivity index (χ1n) is 5.49. The molecule has 1 rings (SSSR count). The summed E-state index contributed by atoms with van der Waals surface area (Å²) in [5, 5.41) is 0. The van der Waals surface area contributed by atoms with E-state index in [4.69, 9.17) is 0 Å². The van der Waals surface area contributed by atoms with Gasteiger partial charge in [-0.2, -0.15) is 0 Å². The van der Waals surface area contributed by atoms with Crippen LogP contribution in [0, 0.1) is 11.8 Å². The number of ketones is 1. The second-order valence-electron chi connectivity index (χ2n) is 4.82. The predicted octanol–water partition coefficient (Wildman–Crippen LogP) is 3.58. The lowest BCUT2D eigenvalue weighted by Crippen LogP contribution is -2.16. The zero-order valence-electron chi connectivity index (χ0n) is 10.4. The van der Waals surface area contributed by atoms with Crippen LogP contribution in [-0.4, -0.2) is 5.78 Å². The topological polar surface area (TPSA) is 17.1 Å². The third kappa shape index (κ3) is 2.97. The van der Waals surface area contributed by atoms with Gasteiger partial charge in [-0.05, 0) is 17.9 Å². The number of Topliss-reactive ketones (excluding diaryl/α,β-unsaturated/α-hetero) is 1. The lowest BCUT2D eigenvalue weighted by molar-refractivity contribution is 0.0996. The molecule has 0 spiro atoms. The molecule has 84 valence electrons. The first-order valence-corrected chi connectivity index (χ1v) is 5.49. The molecule has 16 heavy (non-hydrogen) atoms. The van der Waals surface area contributed by atoms with Crippen LogP contribution in [0.25, 0.3) is 0 Å². The van der Waals surface area contributed by atoms with E-state index < -0.39 is 0 Å². The van der Waals surface area contributed by atoms with Gasteiger partial charge >= 0.3 is 0 Å². The SMILES string of the molecule is CC#CCC(=O)c1ccccc1C(C)(C)C. The highest BCUT2D eigenvalue weighted by Gasteiger charge is 2.20. The number of hydrogen-bond acceptors (Lipinski definition) is 1. The number of carbonyl (C=O) groups is 1. The highest BCUT2D eigenvalue weighted by molar-refractivity contribution is 5.99. The van der Waals surface area contributed by atoms with Gasteiger partial charge in [-0.3, -0.25) is 4.79 Å². The summed E-state index contributed by atoms with van der Waals surface area (Å²) in [6, 6.07) is 7.79. The van der Waals surface area contributed by atoms with Crippen molar-refractivity contribution >= 4 is 5.78 Å². The molecule has 0 bridgehead atoms. The first-order chi connectivity index (χ1) is 7.46. The van der Waals surface area contributed by atoms with Crippen LogP contribution in [0.5, 0.6) is 0 Å². The summed E-state index contributed by atoms with van der Waals surface area (Å²) in [6.07, 6.45) is 0.309. The zero-order valence-corrected chi connectivity index (χ0v) is 10.4. The molecule has 0 aliphatic heterocycles. The van der Waals surface area contributed by atoms with Crippen LogP contribution in [0.1, 0.15) is 50.0 Å². The normalized spacial score (nSPS) is 10.5. The fourth-order valence-corrected chi connectivity index (χ4v) is 1.64. The van der Waals surface area contributed by atoms with Crippen molar-refractivity contribution in [3.8, 4) is 11.8 Å². The summed E-state index contributed by atoms with van der Waals surface area (Å²) < 4.78 is 0. The molecule has 0 aromatic heterocycles. The molecule has 0 N–H and O–H groups in total. The molecular weight excluding hydrogens is 196 g/mol. The molecule has 0 aliphatic carbocycles. The van der Waals surface area contributed by atoms with Crippen LogP contribution >= 0.6 is 0 Å². The van der Waals surface area contributed by atoms with E-state index in [1.54, 1.807) is 6.92 Å². The predicted molar refractivity (Wildman–Crippen MR) is 67.5 cm³/mol. The molecule has 0 aliphatic rings. The number of benzene rings is 1. The minimum Gasteiger partial charge on any atom is -0.293 e. The van der Waals surface area contributed by atoms with E-state index in [0.29, 0.717) is 6.42 Å². The Kier molecular flexibility index (Phi) is 3.90.